The number of thiazole rings is 1. The van der Waals surface area contributed by atoms with Gasteiger partial charge in [0.1, 0.15) is 0 Å². The van der Waals surface area contributed by atoms with Gasteiger partial charge in [-0.2, -0.15) is 0 Å². The molecular weight excluding hydrogens is 603 g/mol. The molecule has 0 radical (unpaired) electrons. The average Bonchev–Trinajstić information content (AvgIpc) is 3.86. The maximum atomic E-state index is 4.80. The number of anilines is 3. The highest BCUT2D eigenvalue weighted by Crippen LogP contribution is 2.51. The van der Waals surface area contributed by atoms with Crippen LogP contribution in [0.2, 0.25) is 0 Å². The average molecular weight is 632 g/mol. The number of hydrogen-bond donors (Lipinski definition) is 0. The summed E-state index contributed by atoms with van der Waals surface area (Å²) in [4.78, 5) is 7.25. The van der Waals surface area contributed by atoms with Gasteiger partial charge in [0, 0.05) is 44.0 Å². The molecule has 0 unspecified atom stereocenters. The molecule has 0 bridgehead atoms. The third-order valence-corrected chi connectivity index (χ3v) is 11.7. The fourth-order valence-corrected chi connectivity index (χ4v) is 9.43. The Morgan fingerprint density at radius 2 is 1.29 bits per heavy atom. The van der Waals surface area contributed by atoms with Crippen LogP contribution in [0.15, 0.2) is 139 Å². The molecule has 0 saturated carbocycles. The minimum absolute atomic E-state index is 0.0903. The number of benzene rings is 7. The van der Waals surface area contributed by atoms with Crippen molar-refractivity contribution in [2.24, 2.45) is 0 Å². The van der Waals surface area contributed by atoms with Crippen LogP contribution >= 0.6 is 11.3 Å². The van der Waals surface area contributed by atoms with Crippen LogP contribution < -0.4 is 4.90 Å². The molecule has 10 aromatic rings. The fourth-order valence-electron chi connectivity index (χ4n) is 8.60. The monoisotopic (exact) mass is 631 g/mol. The van der Waals surface area contributed by atoms with Crippen LogP contribution in [0, 0.1) is 0 Å². The van der Waals surface area contributed by atoms with Gasteiger partial charge in [-0.3, -0.25) is 0 Å². The Bertz CT molecular complexity index is 2940. The number of nitrogens with zero attached hydrogens (tertiary/aromatic N) is 3. The molecule has 3 aromatic heterocycles. The van der Waals surface area contributed by atoms with Gasteiger partial charge in [-0.1, -0.05) is 92.7 Å². The van der Waals surface area contributed by atoms with Crippen molar-refractivity contribution in [3.05, 3.63) is 150 Å². The normalized spacial score (nSPS) is 13.8. The quantitative estimate of drug-likeness (QED) is 0.193. The second-order valence-electron chi connectivity index (χ2n) is 13.7. The molecule has 11 rings (SSSR count). The summed E-state index contributed by atoms with van der Waals surface area (Å²) in [6.07, 6.45) is 0. The van der Waals surface area contributed by atoms with Crippen LogP contribution in [-0.4, -0.2) is 9.38 Å². The number of fused-ring (bicyclic) bond motifs is 12. The lowest BCUT2D eigenvalue weighted by Crippen LogP contribution is -2.16. The van der Waals surface area contributed by atoms with Gasteiger partial charge in [0.2, 0.25) is 0 Å². The van der Waals surface area contributed by atoms with E-state index in [4.69, 9.17) is 4.98 Å². The first-order valence-electron chi connectivity index (χ1n) is 16.5. The molecule has 0 amide bonds. The predicted octanol–water partition coefficient (Wildman–Crippen LogP) is 12.4. The molecule has 48 heavy (non-hydrogen) atoms. The summed E-state index contributed by atoms with van der Waals surface area (Å²) in [6, 6.07) is 49.5. The maximum Gasteiger partial charge on any atom is 0.0826 e. The fraction of sp³-hybridized carbons (Fsp3) is 0.0682. The van der Waals surface area contributed by atoms with Gasteiger partial charge in [0.05, 0.1) is 32.3 Å². The van der Waals surface area contributed by atoms with Crippen molar-refractivity contribution in [1.29, 1.82) is 0 Å². The molecule has 0 atom stereocenters. The van der Waals surface area contributed by atoms with Gasteiger partial charge in [-0.15, -0.1) is 11.3 Å². The lowest BCUT2D eigenvalue weighted by Gasteiger charge is -2.28. The lowest BCUT2D eigenvalue weighted by atomic mass is 9.82. The zero-order chi connectivity index (χ0) is 31.7. The molecule has 1 aliphatic carbocycles. The smallest absolute Gasteiger partial charge is 0.0826 e. The largest absolute Gasteiger partial charge is 0.310 e. The number of para-hydroxylation sites is 1. The first kappa shape index (κ1) is 26.4. The Morgan fingerprint density at radius 3 is 2.23 bits per heavy atom. The third kappa shape index (κ3) is 3.35. The summed E-state index contributed by atoms with van der Waals surface area (Å²) in [5.74, 6) is 0. The van der Waals surface area contributed by atoms with Crippen LogP contribution in [0.5, 0.6) is 0 Å². The summed E-state index contributed by atoms with van der Waals surface area (Å²) in [5, 5.41) is 7.57. The topological polar surface area (TPSA) is 20.5 Å². The molecule has 0 spiro atoms. The van der Waals surface area contributed by atoms with Crippen LogP contribution in [0.25, 0.3) is 70.2 Å². The molecule has 0 aliphatic heterocycles. The molecule has 0 fully saturated rings. The molecular formula is C44H29N3S. The summed E-state index contributed by atoms with van der Waals surface area (Å²) < 4.78 is 3.71. The van der Waals surface area contributed by atoms with E-state index in [-0.39, 0.29) is 5.41 Å². The summed E-state index contributed by atoms with van der Waals surface area (Å²) in [7, 11) is 0. The Hall–Kier alpha value is -5.71. The summed E-state index contributed by atoms with van der Waals surface area (Å²) in [6.45, 7) is 4.72. The second kappa shape index (κ2) is 9.21. The van der Waals surface area contributed by atoms with Gasteiger partial charge in [0.25, 0.3) is 0 Å². The van der Waals surface area contributed by atoms with Crippen molar-refractivity contribution >= 4 is 87.5 Å². The number of rotatable bonds is 3. The predicted molar refractivity (Wildman–Crippen MR) is 204 cm³/mol. The van der Waals surface area contributed by atoms with E-state index in [0.717, 1.165) is 22.6 Å². The Kier molecular flexibility index (Phi) is 5.06. The molecule has 226 valence electrons. The van der Waals surface area contributed by atoms with Gasteiger partial charge >= 0.3 is 0 Å². The zero-order valence-electron chi connectivity index (χ0n) is 26.5. The summed E-state index contributed by atoms with van der Waals surface area (Å²) in [5.41, 5.74) is 15.6. The van der Waals surface area contributed by atoms with E-state index >= 15 is 0 Å². The highest BCUT2D eigenvalue weighted by atomic mass is 32.1. The van der Waals surface area contributed by atoms with Crippen molar-refractivity contribution in [3.63, 3.8) is 0 Å². The first-order valence-corrected chi connectivity index (χ1v) is 17.4. The van der Waals surface area contributed by atoms with E-state index < -0.39 is 0 Å². The van der Waals surface area contributed by atoms with Crippen molar-refractivity contribution in [1.82, 2.24) is 9.38 Å². The molecule has 3 heterocycles. The Morgan fingerprint density at radius 1 is 0.583 bits per heavy atom. The van der Waals surface area contributed by atoms with E-state index in [1.54, 1.807) is 11.3 Å². The van der Waals surface area contributed by atoms with Crippen molar-refractivity contribution in [2.45, 2.75) is 19.3 Å². The van der Waals surface area contributed by atoms with E-state index in [2.05, 4.69) is 157 Å². The highest BCUT2D eigenvalue weighted by Gasteiger charge is 2.35. The standard InChI is InChI=1S/C44H29N3S/c1-44(2)36-13-7-5-11-31(36)32-19-17-30(23-37(32)44)46(28-16-15-26-9-3-4-10-27(26)21-28)29-18-20-40-35(22-29)41-42-34(24-38-43(41)48-25-45-38)33-12-6-8-14-39(33)47(40)42/h3-25H,1-2H3. The van der Waals surface area contributed by atoms with E-state index in [1.165, 1.54) is 75.8 Å². The third-order valence-electron chi connectivity index (χ3n) is 10.8. The van der Waals surface area contributed by atoms with Gasteiger partial charge in [-0.25, -0.2) is 4.98 Å². The van der Waals surface area contributed by atoms with Crippen molar-refractivity contribution in [3.8, 4) is 11.1 Å². The van der Waals surface area contributed by atoms with Gasteiger partial charge in [-0.05, 0) is 87.6 Å². The van der Waals surface area contributed by atoms with Crippen LogP contribution in [0.1, 0.15) is 25.0 Å². The molecule has 4 heteroatoms. The first-order chi connectivity index (χ1) is 23.6. The number of aromatic nitrogens is 2. The van der Waals surface area contributed by atoms with Gasteiger partial charge in [0.15, 0.2) is 0 Å². The SMILES string of the molecule is CC1(C)c2ccccc2-c2ccc(N(c3ccc4ccccc4c3)c3ccc4c(c3)c3c5scnc5cc5c6ccccc6n4c53)cc21. The Labute approximate surface area is 281 Å². The molecule has 0 saturated heterocycles. The van der Waals surface area contributed by atoms with E-state index in [9.17, 15) is 0 Å². The zero-order valence-corrected chi connectivity index (χ0v) is 27.3. The molecule has 0 N–H and O–H groups in total. The Balaban J connectivity index is 1.21. The van der Waals surface area contributed by atoms with Crippen LogP contribution in [0.3, 0.4) is 0 Å². The van der Waals surface area contributed by atoms with Gasteiger partial charge < -0.3 is 9.30 Å². The lowest BCUT2D eigenvalue weighted by molar-refractivity contribution is 0.660. The maximum absolute atomic E-state index is 4.80. The van der Waals surface area contributed by atoms with Crippen LogP contribution in [0.4, 0.5) is 17.1 Å². The van der Waals surface area contributed by atoms with E-state index in [1.807, 2.05) is 5.51 Å². The molecule has 7 aromatic carbocycles. The highest BCUT2D eigenvalue weighted by molar-refractivity contribution is 7.18. The van der Waals surface area contributed by atoms with Crippen LogP contribution in [-0.2, 0) is 5.41 Å². The molecule has 3 nitrogen and oxygen atoms in total. The van der Waals surface area contributed by atoms with Crippen molar-refractivity contribution < 1.29 is 0 Å². The number of hydrogen-bond acceptors (Lipinski definition) is 3. The second-order valence-corrected chi connectivity index (χ2v) is 14.5. The molecule has 1 aliphatic rings. The minimum Gasteiger partial charge on any atom is -0.310 e. The van der Waals surface area contributed by atoms with E-state index in [0.29, 0.717) is 0 Å². The minimum atomic E-state index is -0.0903. The summed E-state index contributed by atoms with van der Waals surface area (Å²) >= 11 is 1.74. The van der Waals surface area contributed by atoms with Crippen molar-refractivity contribution in [2.75, 3.05) is 4.90 Å².